The lowest BCUT2D eigenvalue weighted by Gasteiger charge is -2.31. The standard InChI is InChI=1S/C16H24N2O/c1-16(2,3)15(17-4)12-8-9-13-11(10-12)6-5-7-14(19)18-13/h8-10,15,17H,5-7H2,1-4H3,(H,18,19). The Morgan fingerprint density at radius 2 is 2.00 bits per heavy atom. The van der Waals surface area contributed by atoms with Gasteiger partial charge in [-0.1, -0.05) is 32.9 Å². The maximum absolute atomic E-state index is 11.6. The highest BCUT2D eigenvalue weighted by Crippen LogP contribution is 2.34. The van der Waals surface area contributed by atoms with Gasteiger partial charge in [0.1, 0.15) is 0 Å². The predicted octanol–water partition coefficient (Wildman–Crippen LogP) is 3.27. The molecule has 0 aromatic heterocycles. The molecule has 1 unspecified atom stereocenters. The van der Waals surface area contributed by atoms with Crippen LogP contribution in [0.2, 0.25) is 0 Å². The van der Waals surface area contributed by atoms with E-state index in [1.807, 2.05) is 13.1 Å². The number of anilines is 1. The number of benzene rings is 1. The summed E-state index contributed by atoms with van der Waals surface area (Å²) in [6, 6.07) is 6.73. The molecule has 3 heteroatoms. The lowest BCUT2D eigenvalue weighted by atomic mass is 9.82. The number of aryl methyl sites for hydroxylation is 1. The number of rotatable bonds is 2. The zero-order chi connectivity index (χ0) is 14.0. The quantitative estimate of drug-likeness (QED) is 0.857. The van der Waals surface area contributed by atoms with Gasteiger partial charge < -0.3 is 10.6 Å². The smallest absolute Gasteiger partial charge is 0.224 e. The number of hydrogen-bond donors (Lipinski definition) is 2. The van der Waals surface area contributed by atoms with Crippen LogP contribution < -0.4 is 10.6 Å². The average Bonchev–Trinajstić information content (AvgIpc) is 2.48. The Hall–Kier alpha value is -1.35. The summed E-state index contributed by atoms with van der Waals surface area (Å²) < 4.78 is 0. The normalized spacial score (nSPS) is 17.4. The molecule has 0 aliphatic carbocycles. The first-order valence-corrected chi connectivity index (χ1v) is 7.02. The molecule has 0 fully saturated rings. The third-order valence-electron chi connectivity index (χ3n) is 3.74. The number of fused-ring (bicyclic) bond motifs is 1. The summed E-state index contributed by atoms with van der Waals surface area (Å²) in [5.41, 5.74) is 3.70. The van der Waals surface area contributed by atoms with Gasteiger partial charge in [0, 0.05) is 18.2 Å². The Morgan fingerprint density at radius 3 is 2.63 bits per heavy atom. The molecule has 19 heavy (non-hydrogen) atoms. The van der Waals surface area contributed by atoms with Gasteiger partial charge >= 0.3 is 0 Å². The molecule has 3 nitrogen and oxygen atoms in total. The molecule has 0 bridgehead atoms. The molecule has 1 aromatic rings. The average molecular weight is 260 g/mol. The number of carbonyl (C=O) groups excluding carboxylic acids is 1. The Morgan fingerprint density at radius 1 is 1.26 bits per heavy atom. The minimum absolute atomic E-state index is 0.132. The van der Waals surface area contributed by atoms with Crippen LogP contribution in [0.5, 0.6) is 0 Å². The molecule has 1 aliphatic heterocycles. The van der Waals surface area contributed by atoms with E-state index in [9.17, 15) is 4.79 Å². The van der Waals surface area contributed by atoms with Crippen molar-refractivity contribution in [2.45, 2.75) is 46.1 Å². The number of nitrogens with one attached hydrogen (secondary N) is 2. The van der Waals surface area contributed by atoms with E-state index in [1.54, 1.807) is 0 Å². The summed E-state index contributed by atoms with van der Waals surface area (Å²) in [5.74, 6) is 0.132. The topological polar surface area (TPSA) is 41.1 Å². The van der Waals surface area contributed by atoms with Crippen molar-refractivity contribution in [3.05, 3.63) is 29.3 Å². The van der Waals surface area contributed by atoms with Crippen LogP contribution in [0.25, 0.3) is 0 Å². The van der Waals surface area contributed by atoms with E-state index in [0.29, 0.717) is 12.5 Å². The first-order valence-electron chi connectivity index (χ1n) is 7.02. The molecular formula is C16H24N2O. The molecule has 104 valence electrons. The number of amides is 1. The summed E-state index contributed by atoms with van der Waals surface area (Å²) in [7, 11) is 2.00. The van der Waals surface area contributed by atoms with E-state index in [0.717, 1.165) is 18.5 Å². The summed E-state index contributed by atoms with van der Waals surface area (Å²) in [4.78, 5) is 11.6. The van der Waals surface area contributed by atoms with Crippen molar-refractivity contribution < 1.29 is 4.79 Å². The predicted molar refractivity (Wildman–Crippen MR) is 79.3 cm³/mol. The second kappa shape index (κ2) is 5.33. The number of hydrogen-bond acceptors (Lipinski definition) is 2. The first kappa shape index (κ1) is 14.1. The van der Waals surface area contributed by atoms with Gasteiger partial charge in [0.15, 0.2) is 0 Å². The second-order valence-electron chi connectivity index (χ2n) is 6.41. The van der Waals surface area contributed by atoms with Crippen LogP contribution in [0.15, 0.2) is 18.2 Å². The van der Waals surface area contributed by atoms with Crippen LogP contribution in [-0.2, 0) is 11.2 Å². The van der Waals surface area contributed by atoms with Gasteiger partial charge in [-0.25, -0.2) is 0 Å². The van der Waals surface area contributed by atoms with Gasteiger partial charge in [0.05, 0.1) is 0 Å². The molecule has 2 rings (SSSR count). The van der Waals surface area contributed by atoms with Gasteiger partial charge in [0.25, 0.3) is 0 Å². The SMILES string of the molecule is CNC(c1ccc2c(c1)CCCC(=O)N2)C(C)(C)C. The van der Waals surface area contributed by atoms with Crippen molar-refractivity contribution >= 4 is 11.6 Å². The lowest BCUT2D eigenvalue weighted by Crippen LogP contribution is -2.29. The highest BCUT2D eigenvalue weighted by atomic mass is 16.1. The highest BCUT2D eigenvalue weighted by molar-refractivity contribution is 5.92. The maximum atomic E-state index is 11.6. The van der Waals surface area contributed by atoms with Gasteiger partial charge in [0.2, 0.25) is 5.91 Å². The summed E-state index contributed by atoms with van der Waals surface area (Å²) in [5, 5.41) is 6.39. The largest absolute Gasteiger partial charge is 0.326 e. The van der Waals surface area contributed by atoms with Crippen LogP contribution in [0.3, 0.4) is 0 Å². The van der Waals surface area contributed by atoms with Crippen LogP contribution in [-0.4, -0.2) is 13.0 Å². The summed E-state index contributed by atoms with van der Waals surface area (Å²) in [6.45, 7) is 6.71. The fourth-order valence-corrected chi connectivity index (χ4v) is 2.87. The van der Waals surface area contributed by atoms with Crippen molar-refractivity contribution in [2.24, 2.45) is 5.41 Å². The van der Waals surface area contributed by atoms with E-state index < -0.39 is 0 Å². The zero-order valence-corrected chi connectivity index (χ0v) is 12.3. The fraction of sp³-hybridized carbons (Fsp3) is 0.562. The third kappa shape index (κ3) is 3.16. The van der Waals surface area contributed by atoms with Crippen molar-refractivity contribution in [3.8, 4) is 0 Å². The Kier molecular flexibility index (Phi) is 3.95. The second-order valence-corrected chi connectivity index (χ2v) is 6.41. The van der Waals surface area contributed by atoms with E-state index in [-0.39, 0.29) is 11.3 Å². The molecule has 0 radical (unpaired) electrons. The van der Waals surface area contributed by atoms with E-state index in [1.165, 1.54) is 11.1 Å². The van der Waals surface area contributed by atoms with E-state index in [4.69, 9.17) is 0 Å². The summed E-state index contributed by atoms with van der Waals surface area (Å²) in [6.07, 6.45) is 2.53. The molecular weight excluding hydrogens is 236 g/mol. The molecule has 1 amide bonds. The third-order valence-corrected chi connectivity index (χ3v) is 3.74. The monoisotopic (exact) mass is 260 g/mol. The van der Waals surface area contributed by atoms with E-state index >= 15 is 0 Å². The molecule has 0 saturated heterocycles. The first-order chi connectivity index (χ1) is 8.91. The van der Waals surface area contributed by atoms with Crippen molar-refractivity contribution in [2.75, 3.05) is 12.4 Å². The fourth-order valence-electron chi connectivity index (χ4n) is 2.87. The van der Waals surface area contributed by atoms with Crippen LogP contribution >= 0.6 is 0 Å². The molecule has 1 atom stereocenters. The molecule has 1 heterocycles. The Bertz CT molecular complexity index is 474. The highest BCUT2D eigenvalue weighted by Gasteiger charge is 2.25. The Balaban J connectivity index is 2.35. The van der Waals surface area contributed by atoms with Gasteiger partial charge in [-0.3, -0.25) is 4.79 Å². The van der Waals surface area contributed by atoms with Crippen LogP contribution in [0.1, 0.15) is 50.8 Å². The molecule has 1 aliphatic rings. The minimum atomic E-state index is 0.132. The van der Waals surface area contributed by atoms with Gasteiger partial charge in [-0.05, 0) is 42.5 Å². The lowest BCUT2D eigenvalue weighted by molar-refractivity contribution is -0.116. The van der Waals surface area contributed by atoms with Crippen molar-refractivity contribution in [1.29, 1.82) is 0 Å². The van der Waals surface area contributed by atoms with Crippen molar-refractivity contribution in [1.82, 2.24) is 5.32 Å². The van der Waals surface area contributed by atoms with Gasteiger partial charge in [-0.15, -0.1) is 0 Å². The van der Waals surface area contributed by atoms with Crippen molar-refractivity contribution in [3.63, 3.8) is 0 Å². The molecule has 0 saturated carbocycles. The van der Waals surface area contributed by atoms with Gasteiger partial charge in [-0.2, -0.15) is 0 Å². The van der Waals surface area contributed by atoms with Crippen LogP contribution in [0.4, 0.5) is 5.69 Å². The molecule has 2 N–H and O–H groups in total. The van der Waals surface area contributed by atoms with Crippen LogP contribution in [0, 0.1) is 5.41 Å². The van der Waals surface area contributed by atoms with E-state index in [2.05, 4.69) is 43.5 Å². The maximum Gasteiger partial charge on any atom is 0.224 e. The number of carbonyl (C=O) groups is 1. The Labute approximate surface area is 115 Å². The summed E-state index contributed by atoms with van der Waals surface area (Å²) >= 11 is 0. The zero-order valence-electron chi connectivity index (χ0n) is 12.3. The minimum Gasteiger partial charge on any atom is -0.326 e. The molecule has 0 spiro atoms. The molecule has 1 aromatic carbocycles.